The Bertz CT molecular complexity index is 235. The van der Waals surface area contributed by atoms with Crippen LogP contribution in [0.1, 0.15) is 26.7 Å². The Balaban J connectivity index is 2.56. The van der Waals surface area contributed by atoms with Crippen LogP contribution in [0.5, 0.6) is 0 Å². The molecular weight excluding hydrogens is 178 g/mol. The molecule has 1 fully saturated rings. The third-order valence-corrected chi connectivity index (χ3v) is 2.94. The van der Waals surface area contributed by atoms with Crippen LogP contribution >= 0.6 is 0 Å². The number of carbonyl (C=O) groups is 1. The fraction of sp³-hybridized carbons (Fsp3) is 0.727. The van der Waals surface area contributed by atoms with Crippen molar-refractivity contribution in [3.63, 3.8) is 0 Å². The zero-order chi connectivity index (χ0) is 10.8. The van der Waals surface area contributed by atoms with Crippen molar-refractivity contribution in [3.8, 4) is 0 Å². The van der Waals surface area contributed by atoms with Gasteiger partial charge in [0.2, 0.25) is 0 Å². The van der Waals surface area contributed by atoms with Gasteiger partial charge in [0.15, 0.2) is 0 Å². The summed E-state index contributed by atoms with van der Waals surface area (Å²) in [7, 11) is 0. The average Bonchev–Trinajstić information content (AvgIpc) is 2.25. The summed E-state index contributed by atoms with van der Waals surface area (Å²) in [6, 6.07) is 0. The van der Waals surface area contributed by atoms with Gasteiger partial charge in [0.1, 0.15) is 0 Å². The Hall–Kier alpha value is -0.830. The zero-order valence-corrected chi connectivity index (χ0v) is 8.99. The molecule has 0 bridgehead atoms. The molecule has 1 unspecified atom stereocenters. The molecule has 0 aromatic heterocycles. The molecule has 0 aromatic carbocycles. The molecule has 0 amide bonds. The van der Waals surface area contributed by atoms with E-state index in [1.807, 2.05) is 6.08 Å². The van der Waals surface area contributed by atoms with E-state index in [1.54, 1.807) is 0 Å². The number of carboxylic acid groups (broad SMARTS) is 1. The molecule has 80 valence electrons. The highest BCUT2D eigenvalue weighted by atomic mass is 16.4. The minimum absolute atomic E-state index is 0.119. The van der Waals surface area contributed by atoms with E-state index in [4.69, 9.17) is 5.11 Å². The van der Waals surface area contributed by atoms with Gasteiger partial charge in [-0.3, -0.25) is 9.69 Å². The first-order valence-corrected chi connectivity index (χ1v) is 5.03. The van der Waals surface area contributed by atoms with E-state index in [2.05, 4.69) is 25.3 Å². The first-order valence-electron chi connectivity index (χ1n) is 5.03. The van der Waals surface area contributed by atoms with E-state index in [-0.39, 0.29) is 12.0 Å². The number of likely N-dealkylation sites (tertiary alicyclic amines) is 1. The lowest BCUT2D eigenvalue weighted by Crippen LogP contribution is -2.37. The Morgan fingerprint density at radius 3 is 2.86 bits per heavy atom. The number of carboxylic acids is 1. The van der Waals surface area contributed by atoms with Crippen LogP contribution in [0.15, 0.2) is 12.7 Å². The lowest BCUT2D eigenvalue weighted by atomic mass is 9.94. The summed E-state index contributed by atoms with van der Waals surface area (Å²) in [5, 5.41) is 8.72. The second kappa shape index (κ2) is 4.13. The van der Waals surface area contributed by atoms with Crippen LogP contribution < -0.4 is 0 Å². The van der Waals surface area contributed by atoms with Gasteiger partial charge in [0.05, 0.1) is 0 Å². The van der Waals surface area contributed by atoms with Crippen LogP contribution in [0.3, 0.4) is 0 Å². The summed E-state index contributed by atoms with van der Waals surface area (Å²) in [6.45, 7) is 9.78. The second-order valence-corrected chi connectivity index (χ2v) is 4.67. The van der Waals surface area contributed by atoms with Gasteiger partial charge < -0.3 is 5.11 Å². The first-order chi connectivity index (χ1) is 6.45. The van der Waals surface area contributed by atoms with Crippen molar-refractivity contribution in [1.29, 1.82) is 0 Å². The minimum Gasteiger partial charge on any atom is -0.481 e. The van der Waals surface area contributed by atoms with Crippen molar-refractivity contribution in [2.75, 3.05) is 13.1 Å². The Kier molecular flexibility index (Phi) is 3.32. The SMILES string of the molecule is C=CCN1CC(CC(=O)O)CC1(C)C. The molecule has 14 heavy (non-hydrogen) atoms. The van der Waals surface area contributed by atoms with Crippen molar-refractivity contribution in [2.45, 2.75) is 32.2 Å². The predicted octanol–water partition coefficient (Wildman–Crippen LogP) is 1.75. The summed E-state index contributed by atoms with van der Waals surface area (Å²) in [6.07, 6.45) is 3.13. The summed E-state index contributed by atoms with van der Waals surface area (Å²) in [5.74, 6) is -0.395. The van der Waals surface area contributed by atoms with E-state index >= 15 is 0 Å². The minimum atomic E-state index is -0.689. The molecule has 0 saturated carbocycles. The zero-order valence-electron chi connectivity index (χ0n) is 8.99. The van der Waals surface area contributed by atoms with Gasteiger partial charge in [-0.1, -0.05) is 6.08 Å². The molecule has 1 rings (SSSR count). The maximum atomic E-state index is 10.6. The van der Waals surface area contributed by atoms with Crippen LogP contribution in [0.4, 0.5) is 0 Å². The summed E-state index contributed by atoms with van der Waals surface area (Å²) >= 11 is 0. The van der Waals surface area contributed by atoms with Gasteiger partial charge in [0, 0.05) is 25.0 Å². The third kappa shape index (κ3) is 2.58. The number of aliphatic carboxylic acids is 1. The maximum absolute atomic E-state index is 10.6. The van der Waals surface area contributed by atoms with Crippen molar-refractivity contribution < 1.29 is 9.90 Å². The first kappa shape index (κ1) is 11.2. The second-order valence-electron chi connectivity index (χ2n) is 4.67. The van der Waals surface area contributed by atoms with Crippen molar-refractivity contribution in [3.05, 3.63) is 12.7 Å². The highest BCUT2D eigenvalue weighted by Gasteiger charge is 2.37. The molecule has 1 aliphatic rings. The van der Waals surface area contributed by atoms with Gasteiger partial charge in [0.25, 0.3) is 0 Å². The van der Waals surface area contributed by atoms with Crippen molar-refractivity contribution >= 4 is 5.97 Å². The van der Waals surface area contributed by atoms with E-state index < -0.39 is 5.97 Å². The van der Waals surface area contributed by atoms with Crippen LogP contribution in [0.2, 0.25) is 0 Å². The number of rotatable bonds is 4. The van der Waals surface area contributed by atoms with Gasteiger partial charge >= 0.3 is 5.97 Å². The van der Waals surface area contributed by atoms with Crippen molar-refractivity contribution in [2.24, 2.45) is 5.92 Å². The average molecular weight is 197 g/mol. The highest BCUT2D eigenvalue weighted by Crippen LogP contribution is 2.33. The fourth-order valence-corrected chi connectivity index (χ4v) is 2.32. The van der Waals surface area contributed by atoms with Crippen molar-refractivity contribution in [1.82, 2.24) is 4.90 Å². The monoisotopic (exact) mass is 197 g/mol. The summed E-state index contributed by atoms with van der Waals surface area (Å²) in [4.78, 5) is 12.9. The Morgan fingerprint density at radius 2 is 2.36 bits per heavy atom. The number of nitrogens with zero attached hydrogens (tertiary/aromatic N) is 1. The summed E-state index contributed by atoms with van der Waals surface area (Å²) in [5.41, 5.74) is 0.119. The molecule has 1 aliphatic heterocycles. The van der Waals surface area contributed by atoms with E-state index in [9.17, 15) is 4.79 Å². The molecule has 3 heteroatoms. The lowest BCUT2D eigenvalue weighted by molar-refractivity contribution is -0.138. The molecule has 0 aliphatic carbocycles. The molecule has 1 heterocycles. The maximum Gasteiger partial charge on any atom is 0.303 e. The molecule has 0 spiro atoms. The smallest absolute Gasteiger partial charge is 0.303 e. The number of hydrogen-bond acceptors (Lipinski definition) is 2. The molecule has 1 atom stereocenters. The normalized spacial score (nSPS) is 26.3. The van der Waals surface area contributed by atoms with Gasteiger partial charge in [-0.15, -0.1) is 6.58 Å². The fourth-order valence-electron chi connectivity index (χ4n) is 2.32. The largest absolute Gasteiger partial charge is 0.481 e. The van der Waals surface area contributed by atoms with Crippen LogP contribution in [0.25, 0.3) is 0 Å². The Labute approximate surface area is 85.4 Å². The van der Waals surface area contributed by atoms with Crippen LogP contribution in [0, 0.1) is 5.92 Å². The predicted molar refractivity (Wildman–Crippen MR) is 56.2 cm³/mol. The molecule has 1 saturated heterocycles. The van der Waals surface area contributed by atoms with Gasteiger partial charge in [-0.05, 0) is 26.2 Å². The quantitative estimate of drug-likeness (QED) is 0.698. The molecule has 0 aromatic rings. The molecule has 1 N–H and O–H groups in total. The van der Waals surface area contributed by atoms with Crippen LogP contribution in [-0.4, -0.2) is 34.6 Å². The van der Waals surface area contributed by atoms with Crippen LogP contribution in [-0.2, 0) is 4.79 Å². The topological polar surface area (TPSA) is 40.5 Å². The van der Waals surface area contributed by atoms with E-state index in [1.165, 1.54) is 0 Å². The molecular formula is C11H19NO2. The van der Waals surface area contributed by atoms with E-state index in [0.29, 0.717) is 5.92 Å². The molecule has 3 nitrogen and oxygen atoms in total. The lowest BCUT2D eigenvalue weighted by Gasteiger charge is -2.30. The van der Waals surface area contributed by atoms with E-state index in [0.717, 1.165) is 19.5 Å². The highest BCUT2D eigenvalue weighted by molar-refractivity contribution is 5.67. The third-order valence-electron chi connectivity index (χ3n) is 2.94. The Morgan fingerprint density at radius 1 is 1.71 bits per heavy atom. The standard InChI is InChI=1S/C11H19NO2/c1-4-5-12-8-9(6-10(13)14)7-11(12,2)3/h4,9H,1,5-8H2,2-3H3,(H,13,14). The van der Waals surface area contributed by atoms with Gasteiger partial charge in [-0.25, -0.2) is 0 Å². The molecule has 0 radical (unpaired) electrons. The van der Waals surface area contributed by atoms with Gasteiger partial charge in [-0.2, -0.15) is 0 Å². The number of hydrogen-bond donors (Lipinski definition) is 1. The summed E-state index contributed by atoms with van der Waals surface area (Å²) < 4.78 is 0.